The Labute approximate surface area is 140 Å². The van der Waals surface area contributed by atoms with Gasteiger partial charge in [-0.2, -0.15) is 0 Å². The molecular weight excluding hydrogens is 311 g/mol. The van der Waals surface area contributed by atoms with Crippen LogP contribution < -0.4 is 4.74 Å². The Balaban J connectivity index is 1.40. The first-order valence-electron chi connectivity index (χ1n) is 8.23. The van der Waals surface area contributed by atoms with Gasteiger partial charge >= 0.3 is 0 Å². The number of aryl methyl sites for hydroxylation is 1. The third-order valence-corrected chi connectivity index (χ3v) is 4.36. The summed E-state index contributed by atoms with van der Waals surface area (Å²) in [5, 5.41) is 3.79. The number of benzene rings is 1. The topological polar surface area (TPSA) is 55.6 Å². The molecular formula is C18H21FN2O3. The number of amides is 1. The summed E-state index contributed by atoms with van der Waals surface area (Å²) in [6.45, 7) is 3.84. The SMILES string of the molecule is Cc1cc(C(=O)N2CCC(CCOc3ccc(F)cc3)CC2)no1. The fraction of sp³-hybridized carbons (Fsp3) is 0.444. The van der Waals surface area contributed by atoms with E-state index in [4.69, 9.17) is 9.26 Å². The lowest BCUT2D eigenvalue weighted by Crippen LogP contribution is -2.38. The van der Waals surface area contributed by atoms with Crippen molar-refractivity contribution >= 4 is 5.91 Å². The molecule has 1 aromatic heterocycles. The Morgan fingerprint density at radius 2 is 2.04 bits per heavy atom. The van der Waals surface area contributed by atoms with Crippen molar-refractivity contribution in [2.45, 2.75) is 26.2 Å². The van der Waals surface area contributed by atoms with Crippen LogP contribution in [0.25, 0.3) is 0 Å². The highest BCUT2D eigenvalue weighted by atomic mass is 19.1. The third-order valence-electron chi connectivity index (χ3n) is 4.36. The van der Waals surface area contributed by atoms with Crippen molar-refractivity contribution in [1.82, 2.24) is 10.1 Å². The van der Waals surface area contributed by atoms with Gasteiger partial charge in [-0.25, -0.2) is 4.39 Å². The first kappa shape index (κ1) is 16.5. The molecule has 0 unspecified atom stereocenters. The first-order valence-corrected chi connectivity index (χ1v) is 8.23. The highest BCUT2D eigenvalue weighted by Gasteiger charge is 2.25. The largest absolute Gasteiger partial charge is 0.494 e. The molecule has 2 heterocycles. The molecule has 0 N–H and O–H groups in total. The van der Waals surface area contributed by atoms with E-state index in [-0.39, 0.29) is 11.7 Å². The minimum Gasteiger partial charge on any atom is -0.494 e. The van der Waals surface area contributed by atoms with Gasteiger partial charge in [-0.15, -0.1) is 0 Å². The van der Waals surface area contributed by atoms with Crippen LogP contribution in [0.3, 0.4) is 0 Å². The molecule has 0 radical (unpaired) electrons. The van der Waals surface area contributed by atoms with E-state index in [0.717, 1.165) is 32.4 Å². The number of halogens is 1. The minimum atomic E-state index is -0.262. The van der Waals surface area contributed by atoms with Crippen molar-refractivity contribution in [2.24, 2.45) is 5.92 Å². The van der Waals surface area contributed by atoms with Crippen LogP contribution >= 0.6 is 0 Å². The van der Waals surface area contributed by atoms with E-state index in [2.05, 4.69) is 5.16 Å². The molecule has 3 rings (SSSR count). The van der Waals surface area contributed by atoms with Crippen LogP contribution in [0.2, 0.25) is 0 Å². The van der Waals surface area contributed by atoms with E-state index < -0.39 is 0 Å². The number of rotatable bonds is 5. The monoisotopic (exact) mass is 332 g/mol. The lowest BCUT2D eigenvalue weighted by molar-refractivity contribution is 0.0669. The smallest absolute Gasteiger partial charge is 0.276 e. The molecule has 5 nitrogen and oxygen atoms in total. The number of ether oxygens (including phenoxy) is 1. The predicted molar refractivity (Wildman–Crippen MR) is 86.4 cm³/mol. The second kappa shape index (κ2) is 7.47. The van der Waals surface area contributed by atoms with Crippen molar-refractivity contribution in [3.05, 3.63) is 47.6 Å². The van der Waals surface area contributed by atoms with Gasteiger partial charge in [0.05, 0.1) is 6.61 Å². The van der Waals surface area contributed by atoms with E-state index in [9.17, 15) is 9.18 Å². The maximum atomic E-state index is 12.8. The lowest BCUT2D eigenvalue weighted by Gasteiger charge is -2.31. The van der Waals surface area contributed by atoms with Gasteiger partial charge in [-0.1, -0.05) is 5.16 Å². The predicted octanol–water partition coefficient (Wildman–Crippen LogP) is 3.44. The van der Waals surface area contributed by atoms with Crippen LogP contribution in [-0.2, 0) is 0 Å². The average Bonchev–Trinajstić information content (AvgIpc) is 3.03. The molecule has 0 bridgehead atoms. The minimum absolute atomic E-state index is 0.0622. The van der Waals surface area contributed by atoms with Crippen LogP contribution in [0.4, 0.5) is 4.39 Å². The second-order valence-electron chi connectivity index (χ2n) is 6.15. The van der Waals surface area contributed by atoms with Crippen molar-refractivity contribution in [1.29, 1.82) is 0 Å². The molecule has 1 saturated heterocycles. The van der Waals surface area contributed by atoms with Crippen LogP contribution in [0.5, 0.6) is 5.75 Å². The van der Waals surface area contributed by atoms with Crippen LogP contribution in [0, 0.1) is 18.7 Å². The van der Waals surface area contributed by atoms with Gasteiger partial charge in [0, 0.05) is 19.2 Å². The molecule has 128 valence electrons. The van der Waals surface area contributed by atoms with Crippen LogP contribution in [0.1, 0.15) is 35.5 Å². The van der Waals surface area contributed by atoms with Gasteiger partial charge in [0.25, 0.3) is 5.91 Å². The second-order valence-corrected chi connectivity index (χ2v) is 6.15. The molecule has 1 aromatic carbocycles. The molecule has 0 saturated carbocycles. The van der Waals surface area contributed by atoms with E-state index in [1.807, 2.05) is 4.90 Å². The van der Waals surface area contributed by atoms with Crippen molar-refractivity contribution in [2.75, 3.05) is 19.7 Å². The summed E-state index contributed by atoms with van der Waals surface area (Å²) in [6.07, 6.45) is 2.84. The quantitative estimate of drug-likeness (QED) is 0.841. The van der Waals surface area contributed by atoms with E-state index in [0.29, 0.717) is 29.7 Å². The normalized spacial score (nSPS) is 15.5. The highest BCUT2D eigenvalue weighted by Crippen LogP contribution is 2.22. The fourth-order valence-corrected chi connectivity index (χ4v) is 2.93. The summed E-state index contributed by atoms with van der Waals surface area (Å²) >= 11 is 0. The zero-order valence-electron chi connectivity index (χ0n) is 13.7. The number of hydrogen-bond acceptors (Lipinski definition) is 4. The molecule has 1 aliphatic rings. The number of aromatic nitrogens is 1. The Morgan fingerprint density at radius 3 is 2.67 bits per heavy atom. The standard InChI is InChI=1S/C18H21FN2O3/c1-13-12-17(20-24-13)18(22)21-9-6-14(7-10-21)8-11-23-16-4-2-15(19)3-5-16/h2-5,12,14H,6-11H2,1H3. The van der Waals surface area contributed by atoms with Gasteiger partial charge in [0.1, 0.15) is 17.3 Å². The molecule has 1 amide bonds. The van der Waals surface area contributed by atoms with Crippen molar-refractivity contribution in [3.8, 4) is 5.75 Å². The van der Waals surface area contributed by atoms with Gasteiger partial charge in [-0.3, -0.25) is 4.79 Å². The summed E-state index contributed by atoms with van der Waals surface area (Å²) in [5.41, 5.74) is 0.380. The van der Waals surface area contributed by atoms with Gasteiger partial charge in [0.15, 0.2) is 5.69 Å². The number of likely N-dealkylation sites (tertiary alicyclic amines) is 1. The molecule has 0 atom stereocenters. The number of carbonyl (C=O) groups excluding carboxylic acids is 1. The van der Waals surface area contributed by atoms with Gasteiger partial charge in [-0.05, 0) is 56.4 Å². The molecule has 1 aliphatic heterocycles. The Morgan fingerprint density at radius 1 is 1.33 bits per heavy atom. The Hall–Kier alpha value is -2.37. The lowest BCUT2D eigenvalue weighted by atomic mass is 9.94. The summed E-state index contributed by atoms with van der Waals surface area (Å²) in [5.74, 6) is 1.54. The molecule has 0 aliphatic carbocycles. The van der Waals surface area contributed by atoms with E-state index >= 15 is 0 Å². The van der Waals surface area contributed by atoms with Crippen LogP contribution in [0.15, 0.2) is 34.9 Å². The summed E-state index contributed by atoms with van der Waals surface area (Å²) in [7, 11) is 0. The average molecular weight is 332 g/mol. The Kier molecular flexibility index (Phi) is 5.13. The van der Waals surface area contributed by atoms with E-state index in [1.54, 1.807) is 25.1 Å². The van der Waals surface area contributed by atoms with Crippen molar-refractivity contribution < 1.29 is 18.4 Å². The summed E-state index contributed by atoms with van der Waals surface area (Å²) in [4.78, 5) is 14.1. The zero-order valence-corrected chi connectivity index (χ0v) is 13.7. The number of carbonyl (C=O) groups is 1. The molecule has 2 aromatic rings. The summed E-state index contributed by atoms with van der Waals surface area (Å²) < 4.78 is 23.4. The van der Waals surface area contributed by atoms with Gasteiger partial charge in [0.2, 0.25) is 0 Å². The zero-order chi connectivity index (χ0) is 16.9. The molecule has 0 spiro atoms. The number of piperidine rings is 1. The maximum Gasteiger partial charge on any atom is 0.276 e. The first-order chi connectivity index (χ1) is 11.6. The third kappa shape index (κ3) is 4.13. The number of nitrogens with zero attached hydrogens (tertiary/aromatic N) is 2. The molecule has 1 fully saturated rings. The van der Waals surface area contributed by atoms with Gasteiger partial charge < -0.3 is 14.2 Å². The van der Waals surface area contributed by atoms with E-state index in [1.165, 1.54) is 12.1 Å². The van der Waals surface area contributed by atoms with Crippen molar-refractivity contribution in [3.63, 3.8) is 0 Å². The highest BCUT2D eigenvalue weighted by molar-refractivity contribution is 5.92. The fourth-order valence-electron chi connectivity index (χ4n) is 2.93. The summed E-state index contributed by atoms with van der Waals surface area (Å²) in [6, 6.07) is 7.73. The maximum absolute atomic E-state index is 12.8. The Bertz CT molecular complexity index is 676. The van der Waals surface area contributed by atoms with Crippen LogP contribution in [-0.4, -0.2) is 35.7 Å². The molecule has 6 heteroatoms. The molecule has 24 heavy (non-hydrogen) atoms. The number of hydrogen-bond donors (Lipinski definition) is 0.